The molecule has 0 fully saturated rings. The largest absolute Gasteiger partial charge is 0.481 e. The predicted octanol–water partition coefficient (Wildman–Crippen LogP) is 2.02. The van der Waals surface area contributed by atoms with Gasteiger partial charge in [-0.25, -0.2) is 0 Å². The first kappa shape index (κ1) is 17.2. The summed E-state index contributed by atoms with van der Waals surface area (Å²) >= 11 is 0. The van der Waals surface area contributed by atoms with Crippen molar-refractivity contribution in [2.75, 3.05) is 6.16 Å². The zero-order valence-electron chi connectivity index (χ0n) is 12.3. The number of carboxylic acid groups (broad SMARTS) is 2. The van der Waals surface area contributed by atoms with Gasteiger partial charge in [-0.15, -0.1) is 0 Å². The van der Waals surface area contributed by atoms with E-state index in [1.54, 1.807) is 18.2 Å². The molecule has 1 aromatic carbocycles. The average molecular weight is 339 g/mol. The highest BCUT2D eigenvalue weighted by molar-refractivity contribution is 7.65. The van der Waals surface area contributed by atoms with Gasteiger partial charge in [0.05, 0.1) is 5.92 Å². The maximum Gasteiger partial charge on any atom is 0.306 e. The maximum absolute atomic E-state index is 12.5. The SMILES string of the molecule is O=C(O)CCC(CCP(=O)(O)c1cc2ccccc2[nH]1)C(=O)O. The molecule has 0 saturated carbocycles. The number of benzene rings is 1. The molecular formula is C15H18NO6P. The molecule has 0 spiro atoms. The second-order valence-corrected chi connectivity index (χ2v) is 7.76. The molecule has 2 unspecified atom stereocenters. The molecule has 7 nitrogen and oxygen atoms in total. The number of fused-ring (bicyclic) bond motifs is 1. The zero-order chi connectivity index (χ0) is 17.0. The van der Waals surface area contributed by atoms with Gasteiger partial charge in [-0.05, 0) is 25.0 Å². The lowest BCUT2D eigenvalue weighted by molar-refractivity contribution is -0.143. The van der Waals surface area contributed by atoms with Crippen molar-refractivity contribution < 1.29 is 29.3 Å². The van der Waals surface area contributed by atoms with E-state index >= 15 is 0 Å². The van der Waals surface area contributed by atoms with Gasteiger partial charge in [0.15, 0.2) is 0 Å². The van der Waals surface area contributed by atoms with Crippen LogP contribution in [0, 0.1) is 5.92 Å². The first-order valence-corrected chi connectivity index (χ1v) is 8.99. The second-order valence-electron chi connectivity index (χ2n) is 5.42. The number of aromatic nitrogens is 1. The van der Waals surface area contributed by atoms with Gasteiger partial charge in [-0.2, -0.15) is 0 Å². The van der Waals surface area contributed by atoms with Gasteiger partial charge < -0.3 is 20.1 Å². The fourth-order valence-corrected chi connectivity index (χ4v) is 3.93. The number of aliphatic carboxylic acids is 2. The second kappa shape index (κ2) is 6.98. The molecule has 2 aromatic rings. The summed E-state index contributed by atoms with van der Waals surface area (Å²) in [6.45, 7) is 0. The minimum absolute atomic E-state index is 0.0498. The predicted molar refractivity (Wildman–Crippen MR) is 85.2 cm³/mol. The fraction of sp³-hybridized carbons (Fsp3) is 0.333. The molecule has 4 N–H and O–H groups in total. The Morgan fingerprint density at radius 3 is 2.48 bits per heavy atom. The van der Waals surface area contributed by atoms with E-state index in [1.807, 2.05) is 12.1 Å². The van der Waals surface area contributed by atoms with Crippen molar-refractivity contribution >= 4 is 35.6 Å². The van der Waals surface area contributed by atoms with Gasteiger partial charge in [0, 0.05) is 23.5 Å². The molecule has 0 radical (unpaired) electrons. The van der Waals surface area contributed by atoms with Crippen LogP contribution < -0.4 is 5.44 Å². The van der Waals surface area contributed by atoms with E-state index in [0.717, 1.165) is 10.9 Å². The van der Waals surface area contributed by atoms with E-state index in [0.29, 0.717) is 0 Å². The summed E-state index contributed by atoms with van der Waals surface area (Å²) in [5.74, 6) is -3.18. The Balaban J connectivity index is 2.08. The van der Waals surface area contributed by atoms with Crippen LogP contribution in [0.25, 0.3) is 10.9 Å². The molecule has 0 aliphatic rings. The molecule has 0 aliphatic heterocycles. The van der Waals surface area contributed by atoms with E-state index < -0.39 is 25.2 Å². The van der Waals surface area contributed by atoms with Crippen LogP contribution in [-0.4, -0.2) is 38.2 Å². The number of aromatic amines is 1. The standard InChI is InChI=1S/C15H18NO6P/c17-14(18)6-5-10(15(19)20)7-8-23(21,22)13-9-11-3-1-2-4-12(11)16-13/h1-4,9-10,16H,5-8H2,(H,17,18)(H,19,20)(H,21,22). The quantitative estimate of drug-likeness (QED) is 0.545. The van der Waals surface area contributed by atoms with Crippen molar-refractivity contribution in [3.63, 3.8) is 0 Å². The van der Waals surface area contributed by atoms with Gasteiger partial charge in [-0.3, -0.25) is 14.2 Å². The molecule has 2 atom stereocenters. The number of hydrogen-bond acceptors (Lipinski definition) is 3. The molecule has 23 heavy (non-hydrogen) atoms. The monoisotopic (exact) mass is 339 g/mol. The first-order valence-electron chi connectivity index (χ1n) is 7.14. The summed E-state index contributed by atoms with van der Waals surface area (Å²) in [7, 11) is -3.72. The highest BCUT2D eigenvalue weighted by atomic mass is 31.2. The minimum atomic E-state index is -3.72. The third-order valence-electron chi connectivity index (χ3n) is 3.73. The van der Waals surface area contributed by atoms with Crippen molar-refractivity contribution in [3.05, 3.63) is 30.3 Å². The molecule has 0 bridgehead atoms. The van der Waals surface area contributed by atoms with E-state index in [4.69, 9.17) is 10.2 Å². The van der Waals surface area contributed by atoms with Crippen molar-refractivity contribution in [3.8, 4) is 0 Å². The number of para-hydroxylation sites is 1. The van der Waals surface area contributed by atoms with Crippen LogP contribution >= 0.6 is 7.37 Å². The number of carbonyl (C=O) groups is 2. The zero-order valence-corrected chi connectivity index (χ0v) is 13.2. The molecule has 0 amide bonds. The molecule has 0 saturated heterocycles. The lowest BCUT2D eigenvalue weighted by Crippen LogP contribution is -2.18. The van der Waals surface area contributed by atoms with Crippen LogP contribution in [0.2, 0.25) is 0 Å². The number of hydrogen-bond donors (Lipinski definition) is 4. The molecule has 8 heteroatoms. The Morgan fingerprint density at radius 1 is 1.17 bits per heavy atom. The summed E-state index contributed by atoms with van der Waals surface area (Å²) in [4.78, 5) is 34.8. The van der Waals surface area contributed by atoms with Gasteiger partial charge in [0.25, 0.3) is 0 Å². The molecule has 0 aliphatic carbocycles. The van der Waals surface area contributed by atoms with Crippen molar-refractivity contribution in [1.29, 1.82) is 0 Å². The topological polar surface area (TPSA) is 128 Å². The number of carboxylic acids is 2. The van der Waals surface area contributed by atoms with E-state index in [-0.39, 0.29) is 30.9 Å². The summed E-state index contributed by atoms with van der Waals surface area (Å²) in [5, 5.41) is 18.5. The van der Waals surface area contributed by atoms with Gasteiger partial charge in [0.1, 0.15) is 5.44 Å². The van der Waals surface area contributed by atoms with Crippen LogP contribution in [0.15, 0.2) is 30.3 Å². The smallest absolute Gasteiger partial charge is 0.306 e. The molecular weight excluding hydrogens is 321 g/mol. The summed E-state index contributed by atoms with van der Waals surface area (Å²) < 4.78 is 12.5. The Hall–Kier alpha value is -2.11. The van der Waals surface area contributed by atoms with Gasteiger partial charge in [-0.1, -0.05) is 18.2 Å². The Bertz CT molecular complexity index is 735. The molecule has 124 valence electrons. The number of H-pyrrole nitrogens is 1. The van der Waals surface area contributed by atoms with Crippen LogP contribution in [-0.2, 0) is 14.2 Å². The lowest BCUT2D eigenvalue weighted by Gasteiger charge is -2.14. The summed E-state index contributed by atoms with van der Waals surface area (Å²) in [6.07, 6.45) is -0.599. The minimum Gasteiger partial charge on any atom is -0.481 e. The Morgan fingerprint density at radius 2 is 1.87 bits per heavy atom. The lowest BCUT2D eigenvalue weighted by atomic mass is 10.0. The number of nitrogens with one attached hydrogen (secondary N) is 1. The van der Waals surface area contributed by atoms with Crippen LogP contribution in [0.5, 0.6) is 0 Å². The molecule has 1 aromatic heterocycles. The highest BCUT2D eigenvalue weighted by Crippen LogP contribution is 2.41. The summed E-state index contributed by atoms with van der Waals surface area (Å²) in [6, 6.07) is 8.79. The third kappa shape index (κ3) is 4.43. The fourth-order valence-electron chi connectivity index (χ4n) is 2.39. The van der Waals surface area contributed by atoms with E-state index in [9.17, 15) is 19.0 Å². The summed E-state index contributed by atoms with van der Waals surface area (Å²) in [5.41, 5.74) is 0.915. The van der Waals surface area contributed by atoms with Crippen molar-refractivity contribution in [2.45, 2.75) is 19.3 Å². The van der Waals surface area contributed by atoms with Gasteiger partial charge in [0.2, 0.25) is 7.37 Å². The van der Waals surface area contributed by atoms with Crippen molar-refractivity contribution in [2.24, 2.45) is 5.92 Å². The third-order valence-corrected chi connectivity index (χ3v) is 5.59. The molecule has 1 heterocycles. The van der Waals surface area contributed by atoms with Crippen LogP contribution in [0.4, 0.5) is 0 Å². The van der Waals surface area contributed by atoms with Gasteiger partial charge >= 0.3 is 11.9 Å². The highest BCUT2D eigenvalue weighted by Gasteiger charge is 2.27. The Labute approximate surface area is 132 Å². The first-order chi connectivity index (χ1) is 10.8. The van der Waals surface area contributed by atoms with E-state index in [2.05, 4.69) is 4.98 Å². The molecule has 2 rings (SSSR count). The average Bonchev–Trinajstić information content (AvgIpc) is 2.91. The maximum atomic E-state index is 12.5. The van der Waals surface area contributed by atoms with Crippen LogP contribution in [0.3, 0.4) is 0 Å². The van der Waals surface area contributed by atoms with Crippen LogP contribution in [0.1, 0.15) is 19.3 Å². The van der Waals surface area contributed by atoms with E-state index in [1.165, 1.54) is 0 Å². The Kier molecular flexibility index (Phi) is 5.23. The number of rotatable bonds is 8. The normalized spacial score (nSPS) is 15.2. The van der Waals surface area contributed by atoms with Crippen molar-refractivity contribution in [1.82, 2.24) is 4.98 Å².